The number of hydrogen-bond donors (Lipinski definition) is 0. The average molecular weight is 172 g/mol. The van der Waals surface area contributed by atoms with E-state index in [4.69, 9.17) is 0 Å². The number of hydrogen-bond acceptors (Lipinski definition) is 4. The van der Waals surface area contributed by atoms with E-state index in [1.807, 2.05) is 0 Å². The Balaban J connectivity index is 3.46. The summed E-state index contributed by atoms with van der Waals surface area (Å²) < 4.78 is 9.06. The van der Waals surface area contributed by atoms with Crippen LogP contribution in [0.1, 0.15) is 20.3 Å². The lowest BCUT2D eigenvalue weighted by molar-refractivity contribution is -0.142. The van der Waals surface area contributed by atoms with Gasteiger partial charge in [-0.25, -0.2) is 0 Å². The Morgan fingerprint density at radius 2 is 2.08 bits per heavy atom. The van der Waals surface area contributed by atoms with Crippen molar-refractivity contribution in [3.05, 3.63) is 12.3 Å². The van der Waals surface area contributed by atoms with Crippen molar-refractivity contribution >= 4 is 11.9 Å². The first-order chi connectivity index (χ1) is 5.66. The molecular formula is C8H12O4. The maximum atomic E-state index is 10.7. The first kappa shape index (κ1) is 10.7. The van der Waals surface area contributed by atoms with E-state index in [1.54, 1.807) is 6.92 Å². The van der Waals surface area contributed by atoms with Crippen molar-refractivity contribution in [3.8, 4) is 0 Å². The van der Waals surface area contributed by atoms with Crippen LogP contribution < -0.4 is 0 Å². The minimum atomic E-state index is -0.407. The van der Waals surface area contributed by atoms with E-state index in [2.05, 4.69) is 9.47 Å². The zero-order valence-electron chi connectivity index (χ0n) is 7.20. The van der Waals surface area contributed by atoms with Crippen molar-refractivity contribution in [1.29, 1.82) is 0 Å². The minimum Gasteiger partial charge on any atom is -0.466 e. The second-order valence-corrected chi connectivity index (χ2v) is 1.99. The van der Waals surface area contributed by atoms with Crippen LogP contribution in [0.5, 0.6) is 0 Å². The summed E-state index contributed by atoms with van der Waals surface area (Å²) in [4.78, 5) is 20.9. The molecule has 0 rings (SSSR count). The molecule has 0 aromatic rings. The van der Waals surface area contributed by atoms with Gasteiger partial charge in [0, 0.05) is 6.92 Å². The highest BCUT2D eigenvalue weighted by atomic mass is 16.5. The number of carbonyl (C=O) groups is 2. The second-order valence-electron chi connectivity index (χ2n) is 1.99. The lowest BCUT2D eigenvalue weighted by Crippen LogP contribution is -2.01. The van der Waals surface area contributed by atoms with E-state index < -0.39 is 5.97 Å². The summed E-state index contributed by atoms with van der Waals surface area (Å²) in [7, 11) is 0. The summed E-state index contributed by atoms with van der Waals surface area (Å²) in [6.07, 6.45) is 2.74. The van der Waals surface area contributed by atoms with E-state index >= 15 is 0 Å². The van der Waals surface area contributed by atoms with Crippen LogP contribution in [0.15, 0.2) is 12.3 Å². The summed E-state index contributed by atoms with van der Waals surface area (Å²) >= 11 is 0. The molecule has 0 aliphatic heterocycles. The number of ether oxygens (including phenoxy) is 2. The van der Waals surface area contributed by atoms with Gasteiger partial charge in [0.15, 0.2) is 0 Å². The Labute approximate surface area is 71.2 Å². The molecule has 0 aliphatic carbocycles. The Morgan fingerprint density at radius 3 is 2.58 bits per heavy atom. The van der Waals surface area contributed by atoms with Crippen LogP contribution in [0.3, 0.4) is 0 Å². The third-order valence-electron chi connectivity index (χ3n) is 0.920. The summed E-state index contributed by atoms with van der Waals surface area (Å²) in [5.74, 6) is -0.740. The van der Waals surface area contributed by atoms with Gasteiger partial charge in [-0.1, -0.05) is 0 Å². The van der Waals surface area contributed by atoms with Crippen LogP contribution in [-0.4, -0.2) is 18.5 Å². The molecule has 0 spiro atoms. The molecule has 0 fully saturated rings. The smallest absolute Gasteiger partial charge is 0.309 e. The summed E-state index contributed by atoms with van der Waals surface area (Å²) in [6.45, 7) is 3.38. The van der Waals surface area contributed by atoms with Crippen LogP contribution >= 0.6 is 0 Å². The lowest BCUT2D eigenvalue weighted by Gasteiger charge is -1.96. The van der Waals surface area contributed by atoms with Crippen molar-refractivity contribution in [2.75, 3.05) is 6.61 Å². The molecular weight excluding hydrogens is 160 g/mol. The summed E-state index contributed by atoms with van der Waals surface area (Å²) in [5, 5.41) is 0. The number of rotatable bonds is 4. The molecule has 0 amide bonds. The van der Waals surface area contributed by atoms with E-state index in [0.717, 1.165) is 0 Å². The SMILES string of the molecule is CCOC(=O)CC=COC(C)=O. The van der Waals surface area contributed by atoms with E-state index in [1.165, 1.54) is 19.3 Å². The maximum Gasteiger partial charge on any atom is 0.309 e. The standard InChI is InChI=1S/C8H12O4/c1-3-11-8(10)5-4-6-12-7(2)9/h4,6H,3,5H2,1-2H3. The van der Waals surface area contributed by atoms with Crippen LogP contribution in [0.25, 0.3) is 0 Å². The van der Waals surface area contributed by atoms with Gasteiger partial charge >= 0.3 is 11.9 Å². The van der Waals surface area contributed by atoms with Crippen molar-refractivity contribution in [2.45, 2.75) is 20.3 Å². The van der Waals surface area contributed by atoms with Gasteiger partial charge < -0.3 is 9.47 Å². The van der Waals surface area contributed by atoms with Crippen LogP contribution in [0.4, 0.5) is 0 Å². The van der Waals surface area contributed by atoms with Crippen LogP contribution in [0, 0.1) is 0 Å². The fourth-order valence-electron chi connectivity index (χ4n) is 0.508. The first-order valence-electron chi connectivity index (χ1n) is 3.64. The Morgan fingerprint density at radius 1 is 1.42 bits per heavy atom. The molecule has 4 nitrogen and oxygen atoms in total. The zero-order chi connectivity index (χ0) is 9.40. The van der Waals surface area contributed by atoms with Crippen molar-refractivity contribution in [3.63, 3.8) is 0 Å². The predicted molar refractivity (Wildman–Crippen MR) is 42.2 cm³/mol. The third kappa shape index (κ3) is 6.80. The maximum absolute atomic E-state index is 10.7. The number of esters is 2. The van der Waals surface area contributed by atoms with Gasteiger partial charge in [-0.3, -0.25) is 9.59 Å². The van der Waals surface area contributed by atoms with Crippen molar-refractivity contribution in [1.82, 2.24) is 0 Å². The molecule has 0 radical (unpaired) electrons. The molecule has 0 saturated carbocycles. The highest BCUT2D eigenvalue weighted by molar-refractivity contribution is 5.71. The normalized spacial score (nSPS) is 9.83. The predicted octanol–water partition coefficient (Wildman–Crippen LogP) is 1.02. The van der Waals surface area contributed by atoms with Gasteiger partial charge in [0.2, 0.25) is 0 Å². The van der Waals surface area contributed by atoms with Gasteiger partial charge in [0.1, 0.15) is 0 Å². The molecule has 0 aromatic carbocycles. The first-order valence-corrected chi connectivity index (χ1v) is 3.64. The molecule has 0 heterocycles. The Hall–Kier alpha value is -1.32. The Kier molecular flexibility index (Phi) is 5.69. The van der Waals surface area contributed by atoms with Crippen LogP contribution in [-0.2, 0) is 19.1 Å². The zero-order valence-corrected chi connectivity index (χ0v) is 7.20. The fraction of sp³-hybridized carbons (Fsp3) is 0.500. The summed E-state index contributed by atoms with van der Waals surface area (Å²) in [6, 6.07) is 0. The lowest BCUT2D eigenvalue weighted by atomic mass is 10.4. The molecule has 0 aliphatic rings. The van der Waals surface area contributed by atoms with Crippen molar-refractivity contribution in [2.24, 2.45) is 0 Å². The average Bonchev–Trinajstić information content (AvgIpc) is 1.98. The van der Waals surface area contributed by atoms with Gasteiger partial charge in [-0.05, 0) is 13.0 Å². The highest BCUT2D eigenvalue weighted by Crippen LogP contribution is 1.89. The topological polar surface area (TPSA) is 52.6 Å². The molecule has 4 heteroatoms. The molecule has 0 N–H and O–H groups in total. The molecule has 0 saturated heterocycles. The second kappa shape index (κ2) is 6.39. The van der Waals surface area contributed by atoms with E-state index in [9.17, 15) is 9.59 Å². The van der Waals surface area contributed by atoms with Gasteiger partial charge in [-0.2, -0.15) is 0 Å². The number of carbonyl (C=O) groups excluding carboxylic acids is 2. The molecule has 0 atom stereocenters. The highest BCUT2D eigenvalue weighted by Gasteiger charge is 1.96. The van der Waals surface area contributed by atoms with E-state index in [0.29, 0.717) is 6.61 Å². The molecule has 0 bridgehead atoms. The molecule has 0 aromatic heterocycles. The van der Waals surface area contributed by atoms with Crippen LogP contribution in [0.2, 0.25) is 0 Å². The molecule has 0 unspecified atom stereocenters. The fourth-order valence-corrected chi connectivity index (χ4v) is 0.508. The van der Waals surface area contributed by atoms with Crippen molar-refractivity contribution < 1.29 is 19.1 Å². The largest absolute Gasteiger partial charge is 0.466 e. The molecule has 12 heavy (non-hydrogen) atoms. The van der Waals surface area contributed by atoms with Gasteiger partial charge in [-0.15, -0.1) is 0 Å². The quantitative estimate of drug-likeness (QED) is 0.469. The monoisotopic (exact) mass is 172 g/mol. The molecule has 68 valence electrons. The van der Waals surface area contributed by atoms with Gasteiger partial charge in [0.25, 0.3) is 0 Å². The third-order valence-corrected chi connectivity index (χ3v) is 0.920. The van der Waals surface area contributed by atoms with Gasteiger partial charge in [0.05, 0.1) is 19.3 Å². The minimum absolute atomic E-state index is 0.126. The summed E-state index contributed by atoms with van der Waals surface area (Å²) in [5.41, 5.74) is 0. The van der Waals surface area contributed by atoms with E-state index in [-0.39, 0.29) is 12.4 Å². The Bertz CT molecular complexity index is 183.